The number of hydrogen-bond donors (Lipinski definition) is 2. The molecule has 1 fully saturated rings. The summed E-state index contributed by atoms with van der Waals surface area (Å²) in [4.78, 5) is 4.24. The Morgan fingerprint density at radius 2 is 2.00 bits per heavy atom. The lowest BCUT2D eigenvalue weighted by molar-refractivity contribution is 0.123. The van der Waals surface area contributed by atoms with E-state index in [0.29, 0.717) is 6.54 Å². The van der Waals surface area contributed by atoms with Gasteiger partial charge in [-0.15, -0.1) is 24.0 Å². The van der Waals surface area contributed by atoms with Crippen LogP contribution in [-0.4, -0.2) is 47.0 Å². The number of aliphatic imine (C=N–C) groups is 1. The van der Waals surface area contributed by atoms with Crippen LogP contribution in [0, 0.1) is 5.92 Å². The van der Waals surface area contributed by atoms with Crippen LogP contribution in [0.15, 0.2) is 23.2 Å². The van der Waals surface area contributed by atoms with Gasteiger partial charge in [0, 0.05) is 38.9 Å². The highest BCUT2D eigenvalue weighted by molar-refractivity contribution is 14.0. The van der Waals surface area contributed by atoms with Gasteiger partial charge in [0.15, 0.2) is 17.5 Å². The maximum Gasteiger partial charge on any atom is 0.191 e. The number of nitrogens with zero attached hydrogens (tertiary/aromatic N) is 1. The molecule has 0 amide bonds. The van der Waals surface area contributed by atoms with E-state index in [9.17, 15) is 0 Å². The molecule has 0 aliphatic heterocycles. The van der Waals surface area contributed by atoms with E-state index in [2.05, 4.69) is 15.6 Å². The molecule has 7 heteroatoms. The fraction of sp³-hybridized carbons (Fsp3) is 0.611. The van der Waals surface area contributed by atoms with Gasteiger partial charge in [0.1, 0.15) is 0 Å². The van der Waals surface area contributed by atoms with E-state index >= 15 is 0 Å². The second-order valence-corrected chi connectivity index (χ2v) is 5.88. The van der Waals surface area contributed by atoms with Crippen molar-refractivity contribution in [3.63, 3.8) is 0 Å². The highest BCUT2D eigenvalue weighted by atomic mass is 127. The van der Waals surface area contributed by atoms with Gasteiger partial charge < -0.3 is 24.8 Å². The largest absolute Gasteiger partial charge is 0.493 e. The number of rotatable bonds is 10. The Bertz CT molecular complexity index is 536. The summed E-state index contributed by atoms with van der Waals surface area (Å²) in [5.74, 6) is 3.07. The van der Waals surface area contributed by atoms with Crippen LogP contribution in [0.1, 0.15) is 24.8 Å². The third-order valence-electron chi connectivity index (χ3n) is 3.96. The fourth-order valence-corrected chi connectivity index (χ4v) is 2.41. The van der Waals surface area contributed by atoms with Crippen molar-refractivity contribution < 1.29 is 14.2 Å². The predicted octanol–water partition coefficient (Wildman–Crippen LogP) is 2.80. The molecule has 25 heavy (non-hydrogen) atoms. The van der Waals surface area contributed by atoms with Crippen molar-refractivity contribution in [2.45, 2.75) is 25.8 Å². The minimum absolute atomic E-state index is 0. The van der Waals surface area contributed by atoms with Crippen molar-refractivity contribution in [3.05, 3.63) is 23.8 Å². The zero-order chi connectivity index (χ0) is 17.2. The minimum Gasteiger partial charge on any atom is -0.493 e. The SMILES string of the molecule is CN=C(NCCCOCC1CC1)NCc1cccc(OC)c1OC.I. The topological polar surface area (TPSA) is 64.1 Å². The molecule has 2 N–H and O–H groups in total. The molecule has 0 aromatic heterocycles. The molecule has 6 nitrogen and oxygen atoms in total. The third kappa shape index (κ3) is 7.68. The van der Waals surface area contributed by atoms with E-state index < -0.39 is 0 Å². The number of hydrogen-bond acceptors (Lipinski definition) is 4. The molecule has 0 radical (unpaired) electrons. The maximum atomic E-state index is 5.63. The smallest absolute Gasteiger partial charge is 0.191 e. The first-order chi connectivity index (χ1) is 11.8. The van der Waals surface area contributed by atoms with Gasteiger partial charge in [0.25, 0.3) is 0 Å². The summed E-state index contributed by atoms with van der Waals surface area (Å²) in [5, 5.41) is 6.59. The monoisotopic (exact) mass is 463 g/mol. The van der Waals surface area contributed by atoms with Crippen LogP contribution in [0.2, 0.25) is 0 Å². The quantitative estimate of drug-likeness (QED) is 0.242. The lowest BCUT2D eigenvalue weighted by Crippen LogP contribution is -2.37. The molecule has 2 rings (SSSR count). The summed E-state index contributed by atoms with van der Waals surface area (Å²) in [6.07, 6.45) is 3.64. The zero-order valence-electron chi connectivity index (χ0n) is 15.3. The molecule has 1 aliphatic carbocycles. The van der Waals surface area contributed by atoms with Crippen molar-refractivity contribution >= 4 is 29.9 Å². The molecule has 142 valence electrons. The first-order valence-electron chi connectivity index (χ1n) is 8.50. The number of nitrogens with one attached hydrogen (secondary N) is 2. The Morgan fingerprint density at radius 3 is 2.64 bits per heavy atom. The number of halogens is 1. The Hall–Kier alpha value is -1.22. The molecule has 0 spiro atoms. The summed E-state index contributed by atoms with van der Waals surface area (Å²) in [7, 11) is 5.05. The van der Waals surface area contributed by atoms with E-state index in [1.807, 2.05) is 18.2 Å². The molecule has 0 bridgehead atoms. The first kappa shape index (κ1) is 21.8. The van der Waals surface area contributed by atoms with Gasteiger partial charge in [0.05, 0.1) is 14.2 Å². The van der Waals surface area contributed by atoms with Crippen LogP contribution in [-0.2, 0) is 11.3 Å². The highest BCUT2D eigenvalue weighted by Crippen LogP contribution is 2.30. The Labute approximate surface area is 167 Å². The molecule has 0 unspecified atom stereocenters. The van der Waals surface area contributed by atoms with E-state index in [1.54, 1.807) is 21.3 Å². The zero-order valence-corrected chi connectivity index (χ0v) is 17.7. The Kier molecular flexibility index (Phi) is 10.6. The van der Waals surface area contributed by atoms with E-state index in [1.165, 1.54) is 12.8 Å². The lowest BCUT2D eigenvalue weighted by Gasteiger charge is -2.15. The standard InChI is InChI=1S/C18H29N3O3.HI/c1-19-18(20-10-5-11-24-13-14-8-9-14)21-12-15-6-4-7-16(22-2)17(15)23-3;/h4,6-7,14H,5,8-13H2,1-3H3,(H2,19,20,21);1H. The second-order valence-electron chi connectivity index (χ2n) is 5.88. The van der Waals surface area contributed by atoms with Crippen LogP contribution in [0.5, 0.6) is 11.5 Å². The molecule has 1 aromatic carbocycles. The summed E-state index contributed by atoms with van der Waals surface area (Å²) < 4.78 is 16.4. The van der Waals surface area contributed by atoms with Crippen LogP contribution < -0.4 is 20.1 Å². The maximum absolute atomic E-state index is 5.63. The van der Waals surface area contributed by atoms with Crippen molar-refractivity contribution in [1.82, 2.24) is 10.6 Å². The lowest BCUT2D eigenvalue weighted by atomic mass is 10.2. The third-order valence-corrected chi connectivity index (χ3v) is 3.96. The number of ether oxygens (including phenoxy) is 3. The molecule has 0 saturated heterocycles. The van der Waals surface area contributed by atoms with Gasteiger partial charge in [-0.3, -0.25) is 4.99 Å². The van der Waals surface area contributed by atoms with E-state index in [4.69, 9.17) is 14.2 Å². The molecular formula is C18H30IN3O3. The molecule has 0 heterocycles. The van der Waals surface area contributed by atoms with Crippen LogP contribution in [0.4, 0.5) is 0 Å². The average molecular weight is 463 g/mol. The van der Waals surface area contributed by atoms with Gasteiger partial charge in [-0.2, -0.15) is 0 Å². The van der Waals surface area contributed by atoms with Crippen LogP contribution in [0.3, 0.4) is 0 Å². The highest BCUT2D eigenvalue weighted by Gasteiger charge is 2.20. The normalized spacial score (nSPS) is 13.8. The van der Waals surface area contributed by atoms with Gasteiger partial charge in [0.2, 0.25) is 0 Å². The van der Waals surface area contributed by atoms with Crippen LogP contribution >= 0.6 is 24.0 Å². The number of benzene rings is 1. The van der Waals surface area contributed by atoms with Crippen molar-refractivity contribution in [3.8, 4) is 11.5 Å². The fourth-order valence-electron chi connectivity index (χ4n) is 2.41. The van der Waals surface area contributed by atoms with Crippen LogP contribution in [0.25, 0.3) is 0 Å². The van der Waals surface area contributed by atoms with Gasteiger partial charge in [-0.05, 0) is 31.2 Å². The summed E-state index contributed by atoms with van der Waals surface area (Å²) in [5.41, 5.74) is 1.02. The summed E-state index contributed by atoms with van der Waals surface area (Å²) in [6.45, 7) is 3.16. The Morgan fingerprint density at radius 1 is 1.20 bits per heavy atom. The number of methoxy groups -OCH3 is 2. The summed E-state index contributed by atoms with van der Waals surface area (Å²) in [6, 6.07) is 5.84. The predicted molar refractivity (Wildman–Crippen MR) is 111 cm³/mol. The van der Waals surface area contributed by atoms with Crippen molar-refractivity contribution in [1.29, 1.82) is 0 Å². The minimum atomic E-state index is 0. The van der Waals surface area contributed by atoms with Gasteiger partial charge >= 0.3 is 0 Å². The molecule has 1 aliphatic rings. The van der Waals surface area contributed by atoms with Crippen molar-refractivity contribution in [2.75, 3.05) is 41.0 Å². The average Bonchev–Trinajstić information content (AvgIpc) is 3.44. The molecule has 1 aromatic rings. The second kappa shape index (κ2) is 12.2. The van der Waals surface area contributed by atoms with Crippen molar-refractivity contribution in [2.24, 2.45) is 10.9 Å². The van der Waals surface area contributed by atoms with Gasteiger partial charge in [-0.25, -0.2) is 0 Å². The van der Waals surface area contributed by atoms with E-state index in [0.717, 1.165) is 55.1 Å². The summed E-state index contributed by atoms with van der Waals surface area (Å²) >= 11 is 0. The number of guanidine groups is 1. The van der Waals surface area contributed by atoms with Gasteiger partial charge in [-0.1, -0.05) is 12.1 Å². The molecule has 1 saturated carbocycles. The Balaban J connectivity index is 0.00000312. The molecule has 0 atom stereocenters. The molecular weight excluding hydrogens is 433 g/mol. The number of para-hydroxylation sites is 1. The van der Waals surface area contributed by atoms with E-state index in [-0.39, 0.29) is 24.0 Å². The first-order valence-corrected chi connectivity index (χ1v) is 8.50.